The molecule has 3 aromatic carbocycles. The van der Waals surface area contributed by atoms with Crippen LogP contribution in [0.15, 0.2) is 78.5 Å². The lowest BCUT2D eigenvalue weighted by molar-refractivity contribution is -0.120. The predicted molar refractivity (Wildman–Crippen MR) is 112 cm³/mol. The van der Waals surface area contributed by atoms with E-state index in [2.05, 4.69) is 5.32 Å². The molecule has 4 rings (SSSR count). The molecule has 0 spiro atoms. The van der Waals surface area contributed by atoms with Gasteiger partial charge in [-0.3, -0.25) is 9.59 Å². The number of anilines is 2. The van der Waals surface area contributed by atoms with Gasteiger partial charge in [-0.2, -0.15) is 5.26 Å². The summed E-state index contributed by atoms with van der Waals surface area (Å²) in [5.41, 5.74) is 3.18. The number of amides is 2. The van der Waals surface area contributed by atoms with Gasteiger partial charge in [0, 0.05) is 5.69 Å². The minimum absolute atomic E-state index is 0.111. The number of rotatable bonds is 4. The second kappa shape index (κ2) is 7.64. The van der Waals surface area contributed by atoms with Crippen LogP contribution in [0.3, 0.4) is 0 Å². The first-order valence-electron chi connectivity index (χ1n) is 9.21. The van der Waals surface area contributed by atoms with Crippen LogP contribution in [0.25, 0.3) is 5.57 Å². The van der Waals surface area contributed by atoms with E-state index < -0.39 is 17.6 Å². The number of nitriles is 1. The second-order valence-electron chi connectivity index (χ2n) is 6.85. The van der Waals surface area contributed by atoms with Gasteiger partial charge < -0.3 is 5.32 Å². The van der Waals surface area contributed by atoms with Gasteiger partial charge in [-0.15, -0.1) is 0 Å². The largest absolute Gasteiger partial charge is 0.350 e. The quantitative estimate of drug-likeness (QED) is 0.662. The molecule has 30 heavy (non-hydrogen) atoms. The molecule has 146 valence electrons. The van der Waals surface area contributed by atoms with E-state index in [-0.39, 0.29) is 11.3 Å². The molecule has 0 saturated carbocycles. The molecule has 1 aliphatic heterocycles. The third kappa shape index (κ3) is 3.45. The number of nitrogens with one attached hydrogen (secondary N) is 1. The Morgan fingerprint density at radius 3 is 2.10 bits per heavy atom. The molecule has 3 aromatic rings. The molecule has 0 bridgehead atoms. The second-order valence-corrected chi connectivity index (χ2v) is 6.85. The highest BCUT2D eigenvalue weighted by Gasteiger charge is 2.40. The van der Waals surface area contributed by atoms with Gasteiger partial charge in [0.1, 0.15) is 11.5 Å². The highest BCUT2D eigenvalue weighted by molar-refractivity contribution is 6.46. The fourth-order valence-corrected chi connectivity index (χ4v) is 3.23. The van der Waals surface area contributed by atoms with Crippen LogP contribution < -0.4 is 10.2 Å². The number of carbonyl (C=O) groups is 2. The Morgan fingerprint density at radius 2 is 1.50 bits per heavy atom. The Balaban J connectivity index is 1.80. The summed E-state index contributed by atoms with van der Waals surface area (Å²) >= 11 is 0. The summed E-state index contributed by atoms with van der Waals surface area (Å²) < 4.78 is 13.4. The van der Waals surface area contributed by atoms with E-state index in [1.54, 1.807) is 24.3 Å². The molecule has 1 N–H and O–H groups in total. The van der Waals surface area contributed by atoms with Crippen LogP contribution in [0.4, 0.5) is 15.8 Å². The summed E-state index contributed by atoms with van der Waals surface area (Å²) in [7, 11) is 0. The number of imide groups is 1. The summed E-state index contributed by atoms with van der Waals surface area (Å²) in [6.45, 7) is 1.95. The summed E-state index contributed by atoms with van der Waals surface area (Å²) in [6.07, 6.45) is 0. The van der Waals surface area contributed by atoms with Crippen molar-refractivity contribution in [1.29, 1.82) is 5.26 Å². The molecule has 1 heterocycles. The van der Waals surface area contributed by atoms with Crippen molar-refractivity contribution >= 4 is 28.8 Å². The molecule has 0 aromatic heterocycles. The van der Waals surface area contributed by atoms with Crippen molar-refractivity contribution in [3.8, 4) is 6.07 Å². The Hall–Kier alpha value is -4.24. The van der Waals surface area contributed by atoms with Gasteiger partial charge in [0.15, 0.2) is 0 Å². The molecule has 0 fully saturated rings. The van der Waals surface area contributed by atoms with Crippen molar-refractivity contribution in [1.82, 2.24) is 0 Å². The number of carbonyl (C=O) groups excluding carboxylic acids is 2. The maximum atomic E-state index is 13.4. The molecule has 6 heteroatoms. The van der Waals surface area contributed by atoms with Crippen molar-refractivity contribution in [3.05, 3.63) is 101 Å². The van der Waals surface area contributed by atoms with Crippen LogP contribution in [0.1, 0.15) is 16.7 Å². The fourth-order valence-electron chi connectivity index (χ4n) is 3.23. The number of aryl methyl sites for hydroxylation is 1. The Morgan fingerprint density at radius 1 is 0.867 bits per heavy atom. The van der Waals surface area contributed by atoms with E-state index in [1.807, 2.05) is 37.3 Å². The van der Waals surface area contributed by atoms with Crippen LogP contribution in [0.2, 0.25) is 0 Å². The molecular formula is C24H16FN3O2. The summed E-state index contributed by atoms with van der Waals surface area (Å²) in [6, 6.07) is 21.0. The maximum Gasteiger partial charge on any atom is 0.282 e. The van der Waals surface area contributed by atoms with E-state index >= 15 is 0 Å². The van der Waals surface area contributed by atoms with E-state index in [9.17, 15) is 14.0 Å². The zero-order valence-electron chi connectivity index (χ0n) is 16.0. The van der Waals surface area contributed by atoms with Gasteiger partial charge in [-0.25, -0.2) is 9.29 Å². The SMILES string of the molecule is Cc1ccc(NC2=C(c3ccc(F)cc3)C(=O)N(c3ccc(C#N)cc3)C2=O)cc1. The lowest BCUT2D eigenvalue weighted by Crippen LogP contribution is -2.32. The standard InChI is InChI=1S/C24H16FN3O2/c1-15-2-10-19(11-3-15)27-22-21(17-6-8-18(25)9-7-17)23(29)28(24(22)30)20-12-4-16(14-26)5-13-20/h2-13,27H,1H3. The van der Waals surface area contributed by atoms with Gasteiger partial charge in [-0.05, 0) is 61.0 Å². The Bertz CT molecular complexity index is 1210. The Kier molecular flexibility index (Phi) is 4.87. The van der Waals surface area contributed by atoms with E-state index in [0.717, 1.165) is 10.5 Å². The molecule has 2 amide bonds. The van der Waals surface area contributed by atoms with Crippen molar-refractivity contribution in [2.24, 2.45) is 0 Å². The molecule has 5 nitrogen and oxygen atoms in total. The van der Waals surface area contributed by atoms with Gasteiger partial charge in [-0.1, -0.05) is 29.8 Å². The van der Waals surface area contributed by atoms with Crippen molar-refractivity contribution in [2.75, 3.05) is 10.2 Å². The predicted octanol–water partition coefficient (Wildman–Crippen LogP) is 4.40. The monoisotopic (exact) mass is 397 g/mol. The molecule has 0 aliphatic carbocycles. The molecule has 1 aliphatic rings. The highest BCUT2D eigenvalue weighted by Crippen LogP contribution is 2.34. The first kappa shape index (κ1) is 19.1. The lowest BCUT2D eigenvalue weighted by Gasteiger charge is -2.15. The van der Waals surface area contributed by atoms with Gasteiger partial charge >= 0.3 is 0 Å². The number of hydrogen-bond donors (Lipinski definition) is 1. The van der Waals surface area contributed by atoms with Gasteiger partial charge in [0.05, 0.1) is 22.9 Å². The zero-order chi connectivity index (χ0) is 21.3. The van der Waals surface area contributed by atoms with Crippen LogP contribution in [0.5, 0.6) is 0 Å². The third-order valence-electron chi connectivity index (χ3n) is 4.79. The van der Waals surface area contributed by atoms with Crippen LogP contribution >= 0.6 is 0 Å². The average molecular weight is 397 g/mol. The van der Waals surface area contributed by atoms with Gasteiger partial charge in [0.2, 0.25) is 0 Å². The molecule has 0 unspecified atom stereocenters. The van der Waals surface area contributed by atoms with E-state index in [4.69, 9.17) is 5.26 Å². The molecule has 0 atom stereocenters. The number of halogens is 1. The van der Waals surface area contributed by atoms with Crippen molar-refractivity contribution in [3.63, 3.8) is 0 Å². The number of hydrogen-bond acceptors (Lipinski definition) is 4. The number of nitrogens with zero attached hydrogens (tertiary/aromatic N) is 2. The topological polar surface area (TPSA) is 73.2 Å². The average Bonchev–Trinajstić information content (AvgIpc) is 3.00. The zero-order valence-corrected chi connectivity index (χ0v) is 16.0. The summed E-state index contributed by atoms with van der Waals surface area (Å²) in [4.78, 5) is 27.5. The van der Waals surface area contributed by atoms with Crippen molar-refractivity contribution < 1.29 is 14.0 Å². The van der Waals surface area contributed by atoms with Crippen LogP contribution in [0, 0.1) is 24.1 Å². The van der Waals surface area contributed by atoms with E-state index in [1.165, 1.54) is 24.3 Å². The summed E-state index contributed by atoms with van der Waals surface area (Å²) in [5, 5.41) is 12.0. The molecular weight excluding hydrogens is 381 g/mol. The minimum Gasteiger partial charge on any atom is -0.350 e. The van der Waals surface area contributed by atoms with Crippen molar-refractivity contribution in [2.45, 2.75) is 6.92 Å². The normalized spacial score (nSPS) is 13.6. The first-order valence-corrected chi connectivity index (χ1v) is 9.21. The maximum absolute atomic E-state index is 13.4. The molecule has 0 radical (unpaired) electrons. The Labute approximate surface area is 172 Å². The first-order chi connectivity index (χ1) is 14.5. The lowest BCUT2D eigenvalue weighted by atomic mass is 10.0. The third-order valence-corrected chi connectivity index (χ3v) is 4.79. The van der Waals surface area contributed by atoms with Crippen LogP contribution in [-0.4, -0.2) is 11.8 Å². The highest BCUT2D eigenvalue weighted by atomic mass is 19.1. The smallest absolute Gasteiger partial charge is 0.282 e. The van der Waals surface area contributed by atoms with Gasteiger partial charge in [0.25, 0.3) is 11.8 Å². The minimum atomic E-state index is -0.524. The fraction of sp³-hybridized carbons (Fsp3) is 0.0417. The summed E-state index contributed by atoms with van der Waals surface area (Å²) in [5.74, 6) is -1.48. The molecule has 0 saturated heterocycles. The van der Waals surface area contributed by atoms with Crippen LogP contribution in [-0.2, 0) is 9.59 Å². The van der Waals surface area contributed by atoms with E-state index in [0.29, 0.717) is 22.5 Å². The number of benzene rings is 3.